The second-order valence-corrected chi connectivity index (χ2v) is 7.15. The first-order valence-electron chi connectivity index (χ1n) is 8.47. The largest absolute Gasteiger partial charge is 0.334 e. The van der Waals surface area contributed by atoms with Gasteiger partial charge in [0, 0.05) is 5.56 Å². The molecule has 0 aliphatic carbocycles. The third-order valence-corrected chi connectivity index (χ3v) is 5.21. The van der Waals surface area contributed by atoms with Crippen molar-refractivity contribution in [2.75, 3.05) is 5.32 Å². The zero-order valence-electron chi connectivity index (χ0n) is 14.9. The Morgan fingerprint density at radius 1 is 1.04 bits per heavy atom. The van der Waals surface area contributed by atoms with Crippen molar-refractivity contribution in [3.8, 4) is 22.2 Å². The third-order valence-electron chi connectivity index (χ3n) is 4.34. The van der Waals surface area contributed by atoms with Crippen LogP contribution in [0.1, 0.15) is 21.5 Å². The summed E-state index contributed by atoms with van der Waals surface area (Å²) in [7, 11) is 0. The maximum Gasteiger partial charge on any atom is 0.260 e. The van der Waals surface area contributed by atoms with Gasteiger partial charge in [-0.25, -0.2) is 0 Å². The van der Waals surface area contributed by atoms with Crippen molar-refractivity contribution in [2.45, 2.75) is 13.8 Å². The van der Waals surface area contributed by atoms with E-state index in [1.165, 1.54) is 0 Å². The van der Waals surface area contributed by atoms with Crippen LogP contribution in [0.4, 0.5) is 5.69 Å². The second-order valence-electron chi connectivity index (χ2n) is 6.20. The third kappa shape index (κ3) is 3.52. The van der Waals surface area contributed by atoms with E-state index in [1.807, 2.05) is 73.8 Å². The molecule has 4 rings (SSSR count). The zero-order valence-corrected chi connectivity index (χ0v) is 15.7. The predicted octanol–water partition coefficient (Wildman–Crippen LogP) is 5.33. The van der Waals surface area contributed by atoms with Crippen LogP contribution in [-0.4, -0.2) is 16.0 Å². The van der Waals surface area contributed by atoms with Crippen LogP contribution in [0.25, 0.3) is 22.2 Å². The quantitative estimate of drug-likeness (QED) is 0.523. The molecule has 0 saturated heterocycles. The summed E-state index contributed by atoms with van der Waals surface area (Å²) in [6.45, 7) is 4.01. The van der Waals surface area contributed by atoms with Crippen LogP contribution < -0.4 is 5.32 Å². The molecule has 0 aliphatic rings. The number of carbonyl (C=O) groups is 1. The smallest absolute Gasteiger partial charge is 0.260 e. The normalized spacial score (nSPS) is 10.7. The van der Waals surface area contributed by atoms with Gasteiger partial charge < -0.3 is 9.84 Å². The molecule has 1 N–H and O–H groups in total. The van der Waals surface area contributed by atoms with E-state index in [2.05, 4.69) is 15.5 Å². The molecule has 4 aromatic rings. The van der Waals surface area contributed by atoms with Crippen molar-refractivity contribution in [2.24, 2.45) is 0 Å². The topological polar surface area (TPSA) is 68.0 Å². The number of nitrogens with zero attached hydrogens (tertiary/aromatic N) is 2. The number of aryl methyl sites for hydroxylation is 2. The lowest BCUT2D eigenvalue weighted by molar-refractivity contribution is 0.102. The second kappa shape index (κ2) is 7.17. The molecule has 0 saturated carbocycles. The van der Waals surface area contributed by atoms with Gasteiger partial charge in [0.15, 0.2) is 0 Å². The molecule has 0 aliphatic heterocycles. The van der Waals surface area contributed by atoms with Gasteiger partial charge in [0.1, 0.15) is 0 Å². The van der Waals surface area contributed by atoms with E-state index in [1.54, 1.807) is 11.3 Å². The van der Waals surface area contributed by atoms with Gasteiger partial charge in [-0.15, -0.1) is 11.3 Å². The summed E-state index contributed by atoms with van der Waals surface area (Å²) >= 11 is 1.54. The molecule has 2 aromatic heterocycles. The highest BCUT2D eigenvalue weighted by Gasteiger charge is 2.16. The van der Waals surface area contributed by atoms with E-state index in [0.29, 0.717) is 28.5 Å². The first kappa shape index (κ1) is 17.2. The standard InChI is InChI=1S/C21H17N3O2S/c1-13-9-10-15(12-14(13)2)20(25)22-17-7-4-3-6-16(17)21-23-19(24-26-21)18-8-5-11-27-18/h3-12H,1-2H3,(H,22,25). The molecule has 0 atom stereocenters. The van der Waals surface area contributed by atoms with Crippen molar-refractivity contribution in [3.63, 3.8) is 0 Å². The lowest BCUT2D eigenvalue weighted by Gasteiger charge is -2.09. The SMILES string of the molecule is Cc1ccc(C(=O)Nc2ccccc2-c2nc(-c3cccs3)no2)cc1C. The predicted molar refractivity (Wildman–Crippen MR) is 107 cm³/mol. The minimum absolute atomic E-state index is 0.177. The Kier molecular flexibility index (Phi) is 4.56. The molecule has 1 amide bonds. The van der Waals surface area contributed by atoms with Gasteiger partial charge in [0.2, 0.25) is 5.82 Å². The first-order valence-corrected chi connectivity index (χ1v) is 9.35. The molecule has 0 bridgehead atoms. The highest BCUT2D eigenvalue weighted by atomic mass is 32.1. The fourth-order valence-electron chi connectivity index (χ4n) is 2.69. The van der Waals surface area contributed by atoms with E-state index in [-0.39, 0.29) is 5.91 Å². The Hall–Kier alpha value is -3.25. The molecule has 27 heavy (non-hydrogen) atoms. The van der Waals surface area contributed by atoms with Crippen LogP contribution in [0, 0.1) is 13.8 Å². The van der Waals surface area contributed by atoms with Crippen LogP contribution in [0.15, 0.2) is 64.5 Å². The Labute approximate surface area is 160 Å². The van der Waals surface area contributed by atoms with Gasteiger partial charge in [-0.3, -0.25) is 4.79 Å². The summed E-state index contributed by atoms with van der Waals surface area (Å²) in [6, 6.07) is 16.9. The molecule has 5 nitrogen and oxygen atoms in total. The number of amides is 1. The zero-order chi connectivity index (χ0) is 18.8. The monoisotopic (exact) mass is 375 g/mol. The molecule has 6 heteroatoms. The number of thiophene rings is 1. The number of hydrogen-bond donors (Lipinski definition) is 1. The summed E-state index contributed by atoms with van der Waals surface area (Å²) in [6.07, 6.45) is 0. The fraction of sp³-hybridized carbons (Fsp3) is 0.0952. The van der Waals surface area contributed by atoms with Gasteiger partial charge in [-0.2, -0.15) is 4.98 Å². The number of rotatable bonds is 4. The number of para-hydroxylation sites is 1. The van der Waals surface area contributed by atoms with Crippen LogP contribution >= 0.6 is 11.3 Å². The number of carbonyl (C=O) groups excluding carboxylic acids is 1. The van der Waals surface area contributed by atoms with Crippen molar-refractivity contribution in [3.05, 3.63) is 76.7 Å². The minimum Gasteiger partial charge on any atom is -0.334 e. The summed E-state index contributed by atoms with van der Waals surface area (Å²) in [5.41, 5.74) is 4.15. The highest BCUT2D eigenvalue weighted by molar-refractivity contribution is 7.13. The molecule has 134 valence electrons. The summed E-state index contributed by atoms with van der Waals surface area (Å²) in [5, 5.41) is 8.96. The number of benzene rings is 2. The molecular formula is C21H17N3O2S. The van der Waals surface area contributed by atoms with Crippen molar-refractivity contribution < 1.29 is 9.32 Å². The van der Waals surface area contributed by atoms with E-state index >= 15 is 0 Å². The number of aromatic nitrogens is 2. The van der Waals surface area contributed by atoms with Crippen molar-refractivity contribution in [1.29, 1.82) is 0 Å². The number of anilines is 1. The molecule has 2 aromatic carbocycles. The summed E-state index contributed by atoms with van der Waals surface area (Å²) in [5.74, 6) is 0.730. The Balaban J connectivity index is 1.63. The van der Waals surface area contributed by atoms with Gasteiger partial charge in [0.25, 0.3) is 11.8 Å². The highest BCUT2D eigenvalue weighted by Crippen LogP contribution is 2.30. The fourth-order valence-corrected chi connectivity index (χ4v) is 3.34. The minimum atomic E-state index is -0.177. The van der Waals surface area contributed by atoms with Gasteiger partial charge in [-0.1, -0.05) is 29.4 Å². The number of nitrogens with one attached hydrogen (secondary N) is 1. The molecule has 2 heterocycles. The van der Waals surface area contributed by atoms with E-state index in [0.717, 1.165) is 16.0 Å². The van der Waals surface area contributed by atoms with Crippen LogP contribution in [0.5, 0.6) is 0 Å². The van der Waals surface area contributed by atoms with Crippen molar-refractivity contribution in [1.82, 2.24) is 10.1 Å². The van der Waals surface area contributed by atoms with Gasteiger partial charge in [0.05, 0.1) is 16.1 Å². The van der Waals surface area contributed by atoms with Crippen LogP contribution in [0.3, 0.4) is 0 Å². The van der Waals surface area contributed by atoms with Crippen LogP contribution in [0.2, 0.25) is 0 Å². The van der Waals surface area contributed by atoms with Crippen LogP contribution in [-0.2, 0) is 0 Å². The Morgan fingerprint density at radius 3 is 2.67 bits per heavy atom. The average molecular weight is 375 g/mol. The maximum atomic E-state index is 12.7. The van der Waals surface area contributed by atoms with Gasteiger partial charge >= 0.3 is 0 Å². The van der Waals surface area contributed by atoms with E-state index < -0.39 is 0 Å². The molecule has 0 radical (unpaired) electrons. The molecule has 0 unspecified atom stereocenters. The summed E-state index contributed by atoms with van der Waals surface area (Å²) < 4.78 is 5.43. The number of hydrogen-bond acceptors (Lipinski definition) is 5. The Morgan fingerprint density at radius 2 is 1.89 bits per heavy atom. The lowest BCUT2D eigenvalue weighted by atomic mass is 10.1. The first-order chi connectivity index (χ1) is 13.1. The molecule has 0 spiro atoms. The lowest BCUT2D eigenvalue weighted by Crippen LogP contribution is -2.13. The van der Waals surface area contributed by atoms with Crippen molar-refractivity contribution >= 4 is 22.9 Å². The summed E-state index contributed by atoms with van der Waals surface area (Å²) in [4.78, 5) is 18.1. The van der Waals surface area contributed by atoms with E-state index in [4.69, 9.17) is 4.52 Å². The maximum absolute atomic E-state index is 12.7. The molecule has 0 fully saturated rings. The van der Waals surface area contributed by atoms with E-state index in [9.17, 15) is 4.79 Å². The molecular weight excluding hydrogens is 358 g/mol. The average Bonchev–Trinajstić information content (AvgIpc) is 3.35. The Bertz CT molecular complexity index is 1100. The van der Waals surface area contributed by atoms with Gasteiger partial charge in [-0.05, 0) is 60.7 Å².